The zero-order valence-corrected chi connectivity index (χ0v) is 30.2. The molecule has 274 valence electrons. The maximum Gasteiger partial charge on any atom is 0.323 e. The molecule has 0 saturated carbocycles. The third kappa shape index (κ3) is 10.4. The molecule has 2 atom stereocenters. The van der Waals surface area contributed by atoms with Crippen LogP contribution in [0.1, 0.15) is 52.6 Å². The van der Waals surface area contributed by atoms with Crippen molar-refractivity contribution < 1.29 is 34.3 Å². The summed E-state index contributed by atoms with van der Waals surface area (Å²) in [5.74, 6) is 0.424. The van der Waals surface area contributed by atoms with Crippen molar-refractivity contribution >= 4 is 17.6 Å². The number of hydrogen-bond donors (Lipinski definition) is 4. The summed E-state index contributed by atoms with van der Waals surface area (Å²) in [7, 11) is 0. The van der Waals surface area contributed by atoms with E-state index in [1.807, 2.05) is 18.2 Å². The molecule has 0 radical (unpaired) electrons. The van der Waals surface area contributed by atoms with Gasteiger partial charge in [-0.15, -0.1) is 0 Å². The molecule has 1 aromatic heterocycles. The predicted octanol–water partition coefficient (Wildman–Crippen LogP) is 5.81. The Hall–Kier alpha value is -4.70. The third-order valence-corrected chi connectivity index (χ3v) is 9.45. The number of carboxylic acids is 1. The van der Waals surface area contributed by atoms with Gasteiger partial charge in [-0.1, -0.05) is 35.9 Å². The number of aromatic nitrogens is 1. The molecule has 0 unspecified atom stereocenters. The van der Waals surface area contributed by atoms with Crippen LogP contribution in [0.5, 0.6) is 17.2 Å². The Morgan fingerprint density at radius 2 is 1.87 bits per heavy atom. The molecule has 0 amide bonds. The van der Waals surface area contributed by atoms with Crippen LogP contribution in [0.15, 0.2) is 67.0 Å². The summed E-state index contributed by atoms with van der Waals surface area (Å²) in [4.78, 5) is 17.9. The fourth-order valence-corrected chi connectivity index (χ4v) is 6.41. The molecule has 4 N–H and O–H groups in total. The van der Waals surface area contributed by atoms with Crippen LogP contribution in [0.2, 0.25) is 5.02 Å². The second-order valence-corrected chi connectivity index (χ2v) is 13.4. The summed E-state index contributed by atoms with van der Waals surface area (Å²) in [6, 6.07) is 18.1. The number of β-amino-alcohol motifs (C(OH)–C–C–N with tert-alkyl or cyclic N) is 1. The number of aliphatic hydroxyl groups is 2. The average molecular weight is 729 g/mol. The molecule has 1 aliphatic heterocycles. The van der Waals surface area contributed by atoms with E-state index in [9.17, 15) is 25.4 Å². The molecule has 1 saturated heterocycles. The lowest BCUT2D eigenvalue weighted by atomic mass is 9.93. The number of benzene rings is 3. The van der Waals surface area contributed by atoms with E-state index in [1.165, 1.54) is 6.20 Å². The molecule has 1 aliphatic rings. The van der Waals surface area contributed by atoms with Gasteiger partial charge < -0.3 is 34.4 Å². The van der Waals surface area contributed by atoms with Crippen LogP contribution in [0, 0.1) is 25.2 Å². The number of aliphatic carboxylic acids is 1. The van der Waals surface area contributed by atoms with Gasteiger partial charge in [-0.05, 0) is 91.7 Å². The van der Waals surface area contributed by atoms with Gasteiger partial charge >= 0.3 is 5.97 Å². The molecular weight excluding hydrogens is 684 g/mol. The molecule has 2 heterocycles. The van der Waals surface area contributed by atoms with Crippen LogP contribution < -0.4 is 19.5 Å². The summed E-state index contributed by atoms with van der Waals surface area (Å²) in [5.41, 5.74) is 6.95. The van der Waals surface area contributed by atoms with Crippen LogP contribution in [0.3, 0.4) is 0 Å². The number of rotatable bonds is 18. The van der Waals surface area contributed by atoms with Crippen molar-refractivity contribution in [3.8, 4) is 34.4 Å². The first-order chi connectivity index (χ1) is 25.1. The first kappa shape index (κ1) is 38.5. The van der Waals surface area contributed by atoms with E-state index in [0.29, 0.717) is 39.8 Å². The summed E-state index contributed by atoms with van der Waals surface area (Å²) in [6.45, 7) is 7.29. The number of halogens is 1. The number of aliphatic hydroxyl groups excluding tert-OH is 2. The molecule has 52 heavy (non-hydrogen) atoms. The second-order valence-electron chi connectivity index (χ2n) is 13.0. The van der Waals surface area contributed by atoms with Crippen molar-refractivity contribution in [1.82, 2.24) is 15.2 Å². The highest BCUT2D eigenvalue weighted by Crippen LogP contribution is 2.36. The number of nitriles is 1. The van der Waals surface area contributed by atoms with E-state index in [-0.39, 0.29) is 25.9 Å². The van der Waals surface area contributed by atoms with Gasteiger partial charge in [0.2, 0.25) is 0 Å². The van der Waals surface area contributed by atoms with E-state index in [0.717, 1.165) is 72.5 Å². The summed E-state index contributed by atoms with van der Waals surface area (Å²) < 4.78 is 18.4. The number of unbranched alkanes of at least 4 members (excludes halogenated alkanes) is 1. The van der Waals surface area contributed by atoms with Crippen molar-refractivity contribution in [2.45, 2.75) is 65.0 Å². The van der Waals surface area contributed by atoms with Crippen LogP contribution in [0.25, 0.3) is 11.1 Å². The molecule has 0 spiro atoms. The number of hydrogen-bond acceptors (Lipinski definition) is 10. The Kier molecular flexibility index (Phi) is 13.8. The highest BCUT2D eigenvalue weighted by atomic mass is 35.5. The number of nitrogens with zero attached hydrogens (tertiary/aromatic N) is 3. The quantitative estimate of drug-likeness (QED) is 0.0917. The SMILES string of the molecule is Cc1cc(OCCCCN2CC[C@@H](O)C2)ccc1-c1cccc(COc2cc(OCc3cncc(C#N)c3)c(CN[C@H](CO)C(=O)O)cc2Cl)c1C. The maximum atomic E-state index is 11.5. The first-order valence-corrected chi connectivity index (χ1v) is 17.7. The number of likely N-dealkylation sites (tertiary alicyclic amines) is 1. The van der Waals surface area contributed by atoms with Crippen molar-refractivity contribution in [2.75, 3.05) is 32.8 Å². The minimum atomic E-state index is -1.19. The first-order valence-electron chi connectivity index (χ1n) is 17.4. The van der Waals surface area contributed by atoms with Crippen LogP contribution in [0.4, 0.5) is 0 Å². The minimum absolute atomic E-state index is 0.0538. The van der Waals surface area contributed by atoms with E-state index in [4.69, 9.17) is 25.8 Å². The number of nitrogens with one attached hydrogen (secondary N) is 1. The molecule has 4 aromatic rings. The van der Waals surface area contributed by atoms with Crippen molar-refractivity contribution in [3.05, 3.63) is 105 Å². The van der Waals surface area contributed by atoms with Gasteiger partial charge in [-0.2, -0.15) is 5.26 Å². The van der Waals surface area contributed by atoms with Crippen LogP contribution in [-0.4, -0.2) is 76.2 Å². The number of carbonyl (C=O) groups is 1. The highest BCUT2D eigenvalue weighted by molar-refractivity contribution is 6.32. The smallest absolute Gasteiger partial charge is 0.323 e. The Bertz CT molecular complexity index is 1880. The summed E-state index contributed by atoms with van der Waals surface area (Å²) >= 11 is 6.68. The highest BCUT2D eigenvalue weighted by Gasteiger charge is 2.20. The number of pyridine rings is 1. The minimum Gasteiger partial charge on any atom is -0.494 e. The fraction of sp³-hybridized carbons (Fsp3) is 0.375. The Morgan fingerprint density at radius 1 is 1.04 bits per heavy atom. The monoisotopic (exact) mass is 728 g/mol. The Labute approximate surface area is 309 Å². The topological polar surface area (TPSA) is 157 Å². The normalized spacial score (nSPS) is 14.9. The van der Waals surface area contributed by atoms with Crippen molar-refractivity contribution in [3.63, 3.8) is 0 Å². The maximum absolute atomic E-state index is 11.5. The second kappa shape index (κ2) is 18.7. The summed E-state index contributed by atoms with van der Waals surface area (Å²) in [6.07, 6.45) is 5.72. The molecule has 5 rings (SSSR count). The lowest BCUT2D eigenvalue weighted by molar-refractivity contribution is -0.140. The van der Waals surface area contributed by atoms with Crippen LogP contribution in [-0.2, 0) is 24.6 Å². The van der Waals surface area contributed by atoms with E-state index >= 15 is 0 Å². The van der Waals surface area contributed by atoms with Gasteiger partial charge in [0.05, 0.1) is 29.9 Å². The number of aryl methyl sites for hydroxylation is 1. The van der Waals surface area contributed by atoms with Crippen LogP contribution >= 0.6 is 11.6 Å². The lowest BCUT2D eigenvalue weighted by Gasteiger charge is -2.19. The third-order valence-electron chi connectivity index (χ3n) is 9.16. The van der Waals surface area contributed by atoms with Crippen molar-refractivity contribution in [1.29, 1.82) is 5.26 Å². The Morgan fingerprint density at radius 3 is 2.60 bits per heavy atom. The lowest BCUT2D eigenvalue weighted by Crippen LogP contribution is -2.39. The van der Waals surface area contributed by atoms with E-state index < -0.39 is 18.6 Å². The molecule has 0 aliphatic carbocycles. The predicted molar refractivity (Wildman–Crippen MR) is 198 cm³/mol. The van der Waals surface area contributed by atoms with Gasteiger partial charge in [0.25, 0.3) is 0 Å². The van der Waals surface area contributed by atoms with Crippen molar-refractivity contribution in [2.24, 2.45) is 0 Å². The number of ether oxygens (including phenoxy) is 3. The zero-order valence-electron chi connectivity index (χ0n) is 29.5. The molecule has 12 heteroatoms. The Balaban J connectivity index is 1.26. The van der Waals surface area contributed by atoms with Gasteiger partial charge in [-0.25, -0.2) is 0 Å². The average Bonchev–Trinajstić information content (AvgIpc) is 3.56. The van der Waals surface area contributed by atoms with Gasteiger partial charge in [0.15, 0.2) is 0 Å². The van der Waals surface area contributed by atoms with Gasteiger partial charge in [0.1, 0.15) is 42.6 Å². The van der Waals surface area contributed by atoms with Gasteiger partial charge in [-0.3, -0.25) is 15.1 Å². The standard InChI is InChI=1S/C40H45ClN4O7/c1-26-14-33(50-13-4-3-11-45-12-10-32(47)22-45)8-9-34(26)35-7-5-6-30(27(35)2)25-52-39-17-38(51-24-29-15-28(18-42)19-43-20-29)31(16-36(39)41)21-44-37(23-46)40(48)49/h5-9,14-17,19-20,32,37,44,46-47H,3-4,10-13,21-25H2,1-2H3,(H,48,49)/t32-,37-/m1/s1. The van der Waals surface area contributed by atoms with E-state index in [1.54, 1.807) is 24.4 Å². The molecule has 3 aromatic carbocycles. The number of carboxylic acid groups (broad SMARTS) is 1. The summed E-state index contributed by atoms with van der Waals surface area (Å²) in [5, 5.41) is 40.9. The van der Waals surface area contributed by atoms with Gasteiger partial charge in [0, 0.05) is 49.2 Å². The molecule has 11 nitrogen and oxygen atoms in total. The zero-order chi connectivity index (χ0) is 37.0. The molecule has 1 fully saturated rings. The molecular formula is C40H45ClN4O7. The largest absolute Gasteiger partial charge is 0.494 e. The van der Waals surface area contributed by atoms with E-state index in [2.05, 4.69) is 53.3 Å². The molecule has 0 bridgehead atoms. The fourth-order valence-electron chi connectivity index (χ4n) is 6.17.